The van der Waals surface area contributed by atoms with Gasteiger partial charge < -0.3 is 4.74 Å². The van der Waals surface area contributed by atoms with Crippen LogP contribution < -0.4 is 0 Å². The van der Waals surface area contributed by atoms with Gasteiger partial charge in [0.15, 0.2) is 0 Å². The maximum Gasteiger partial charge on any atom is 0.419 e. The summed E-state index contributed by atoms with van der Waals surface area (Å²) in [7, 11) is 1.38. The van der Waals surface area contributed by atoms with Crippen LogP contribution in [0.2, 0.25) is 0 Å². The van der Waals surface area contributed by atoms with E-state index in [-0.39, 0.29) is 5.41 Å². The average Bonchev–Trinajstić information content (AvgIpc) is 2.67. The number of methoxy groups -OCH3 is 1. The molecule has 1 aromatic carbocycles. The largest absolute Gasteiger partial charge is 0.452 e. The fraction of sp³-hybridized carbons (Fsp3) is 0.385. The van der Waals surface area contributed by atoms with Gasteiger partial charge in [-0.3, -0.25) is 0 Å². The lowest BCUT2D eigenvalue weighted by molar-refractivity contribution is 0.172. The first-order valence-corrected chi connectivity index (χ1v) is 5.51. The lowest BCUT2D eigenvalue weighted by atomic mass is 9.96. The van der Waals surface area contributed by atoms with E-state index in [1.54, 1.807) is 0 Å². The molecule has 0 atom stereocenters. The summed E-state index contributed by atoms with van der Waals surface area (Å²) >= 11 is 0. The number of nitrogens with zero attached hydrogens (tertiary/aromatic N) is 2. The van der Waals surface area contributed by atoms with Crippen molar-refractivity contribution in [1.29, 1.82) is 0 Å². The number of fused-ring (bicyclic) bond motifs is 1. The number of para-hydroxylation sites is 2. The summed E-state index contributed by atoms with van der Waals surface area (Å²) in [5.41, 5.74) is 1.37. The van der Waals surface area contributed by atoms with Crippen LogP contribution in [-0.2, 0) is 10.2 Å². The number of rotatable bonds is 0. The van der Waals surface area contributed by atoms with Crippen LogP contribution >= 0.6 is 0 Å². The Bertz CT molecular complexity index is 564. The second-order valence-corrected chi connectivity index (χ2v) is 4.98. The predicted octanol–water partition coefficient (Wildman–Crippen LogP) is 2.95. The number of hydrogen-bond acceptors (Lipinski definition) is 3. The molecule has 0 saturated heterocycles. The van der Waals surface area contributed by atoms with E-state index in [9.17, 15) is 4.79 Å². The van der Waals surface area contributed by atoms with E-state index in [4.69, 9.17) is 4.74 Å². The van der Waals surface area contributed by atoms with Gasteiger partial charge in [-0.25, -0.2) is 14.3 Å². The molecule has 0 radical (unpaired) electrons. The number of ether oxygens (including phenoxy) is 1. The molecule has 17 heavy (non-hydrogen) atoms. The Labute approximate surface area is 100 Å². The Kier molecular flexibility index (Phi) is 2.65. The zero-order valence-electron chi connectivity index (χ0n) is 10.5. The predicted molar refractivity (Wildman–Crippen MR) is 66.2 cm³/mol. The quantitative estimate of drug-likeness (QED) is 0.701. The van der Waals surface area contributed by atoms with Gasteiger partial charge in [-0.1, -0.05) is 32.9 Å². The molecule has 0 spiro atoms. The van der Waals surface area contributed by atoms with Crippen LogP contribution in [0.1, 0.15) is 26.6 Å². The molecule has 90 valence electrons. The van der Waals surface area contributed by atoms with Gasteiger partial charge in [0.1, 0.15) is 5.82 Å². The van der Waals surface area contributed by atoms with Gasteiger partial charge in [-0.2, -0.15) is 0 Å². The highest BCUT2D eigenvalue weighted by molar-refractivity contribution is 5.87. The minimum Gasteiger partial charge on any atom is -0.452 e. The van der Waals surface area contributed by atoms with Crippen LogP contribution in [0.25, 0.3) is 11.0 Å². The molecule has 4 nitrogen and oxygen atoms in total. The number of carbonyl (C=O) groups excluding carboxylic acids is 1. The van der Waals surface area contributed by atoms with Gasteiger partial charge in [0, 0.05) is 5.41 Å². The molecule has 0 unspecified atom stereocenters. The lowest BCUT2D eigenvalue weighted by Gasteiger charge is -2.18. The molecular weight excluding hydrogens is 216 g/mol. The van der Waals surface area contributed by atoms with Crippen molar-refractivity contribution in [3.8, 4) is 0 Å². The topological polar surface area (TPSA) is 44.1 Å². The van der Waals surface area contributed by atoms with Crippen molar-refractivity contribution in [2.45, 2.75) is 26.2 Å². The van der Waals surface area contributed by atoms with Crippen LogP contribution in [0.15, 0.2) is 24.3 Å². The fourth-order valence-corrected chi connectivity index (χ4v) is 1.81. The highest BCUT2D eigenvalue weighted by Gasteiger charge is 2.26. The summed E-state index contributed by atoms with van der Waals surface area (Å²) in [5.74, 6) is 0.713. The van der Waals surface area contributed by atoms with Gasteiger partial charge in [-0.05, 0) is 12.1 Å². The molecule has 0 saturated carbocycles. The summed E-state index contributed by atoms with van der Waals surface area (Å²) in [6.45, 7) is 6.06. The zero-order chi connectivity index (χ0) is 12.6. The molecule has 0 amide bonds. The summed E-state index contributed by atoms with van der Waals surface area (Å²) in [6, 6.07) is 7.55. The highest BCUT2D eigenvalue weighted by Crippen LogP contribution is 2.26. The Hall–Kier alpha value is -1.84. The van der Waals surface area contributed by atoms with Crippen molar-refractivity contribution in [3.05, 3.63) is 30.1 Å². The van der Waals surface area contributed by atoms with Crippen molar-refractivity contribution in [2.75, 3.05) is 7.11 Å². The van der Waals surface area contributed by atoms with Crippen LogP contribution in [0.3, 0.4) is 0 Å². The van der Waals surface area contributed by atoms with Crippen molar-refractivity contribution >= 4 is 17.1 Å². The number of imidazole rings is 1. The molecule has 1 aromatic heterocycles. The van der Waals surface area contributed by atoms with Gasteiger partial charge in [0.05, 0.1) is 18.1 Å². The number of aromatic nitrogens is 2. The second-order valence-electron chi connectivity index (χ2n) is 4.98. The monoisotopic (exact) mass is 232 g/mol. The third kappa shape index (κ3) is 1.90. The van der Waals surface area contributed by atoms with Gasteiger partial charge in [0.25, 0.3) is 0 Å². The van der Waals surface area contributed by atoms with Gasteiger partial charge in [0.2, 0.25) is 0 Å². The van der Waals surface area contributed by atoms with E-state index in [2.05, 4.69) is 4.98 Å². The SMILES string of the molecule is COC(=O)n1c(C(C)(C)C)nc2ccccc21. The van der Waals surface area contributed by atoms with E-state index in [0.29, 0.717) is 5.82 Å². The van der Waals surface area contributed by atoms with E-state index in [0.717, 1.165) is 11.0 Å². The Morgan fingerprint density at radius 1 is 1.29 bits per heavy atom. The second kappa shape index (κ2) is 3.87. The van der Waals surface area contributed by atoms with Crippen molar-refractivity contribution < 1.29 is 9.53 Å². The van der Waals surface area contributed by atoms with Crippen molar-refractivity contribution in [1.82, 2.24) is 9.55 Å². The summed E-state index contributed by atoms with van der Waals surface area (Å²) < 4.78 is 6.36. The molecule has 0 aliphatic carbocycles. The minimum absolute atomic E-state index is 0.215. The van der Waals surface area contributed by atoms with E-state index in [1.807, 2.05) is 45.0 Å². The van der Waals surface area contributed by atoms with Crippen LogP contribution in [0.4, 0.5) is 4.79 Å². The van der Waals surface area contributed by atoms with E-state index < -0.39 is 6.09 Å². The van der Waals surface area contributed by atoms with Crippen LogP contribution in [0.5, 0.6) is 0 Å². The van der Waals surface area contributed by atoms with Crippen molar-refractivity contribution in [2.24, 2.45) is 0 Å². The first-order valence-electron chi connectivity index (χ1n) is 5.51. The van der Waals surface area contributed by atoms with E-state index >= 15 is 0 Å². The molecule has 2 aromatic rings. The summed E-state index contributed by atoms with van der Waals surface area (Å²) in [5, 5.41) is 0. The molecule has 0 aliphatic heterocycles. The third-order valence-electron chi connectivity index (χ3n) is 2.59. The molecule has 0 bridgehead atoms. The normalized spacial score (nSPS) is 11.8. The summed E-state index contributed by atoms with van der Waals surface area (Å²) in [4.78, 5) is 16.4. The molecule has 2 rings (SSSR count). The molecule has 1 heterocycles. The first-order chi connectivity index (χ1) is 7.95. The molecule has 0 fully saturated rings. The minimum atomic E-state index is -0.399. The van der Waals surface area contributed by atoms with Gasteiger partial charge >= 0.3 is 6.09 Å². The maximum atomic E-state index is 11.9. The number of benzene rings is 1. The number of carbonyl (C=O) groups is 1. The Morgan fingerprint density at radius 3 is 2.53 bits per heavy atom. The average molecular weight is 232 g/mol. The third-order valence-corrected chi connectivity index (χ3v) is 2.59. The van der Waals surface area contributed by atoms with Crippen molar-refractivity contribution in [3.63, 3.8) is 0 Å². The fourth-order valence-electron chi connectivity index (χ4n) is 1.81. The smallest absolute Gasteiger partial charge is 0.419 e. The van der Waals surface area contributed by atoms with E-state index in [1.165, 1.54) is 11.7 Å². The Balaban J connectivity index is 2.79. The maximum absolute atomic E-state index is 11.9. The standard InChI is InChI=1S/C13H16N2O2/c1-13(2,3)11-14-9-7-5-6-8-10(9)15(11)12(16)17-4/h5-8H,1-4H3. The van der Waals surface area contributed by atoms with Crippen LogP contribution in [0, 0.1) is 0 Å². The Morgan fingerprint density at radius 2 is 1.94 bits per heavy atom. The van der Waals surface area contributed by atoms with Gasteiger partial charge in [-0.15, -0.1) is 0 Å². The highest BCUT2D eigenvalue weighted by atomic mass is 16.5. The molecule has 0 aliphatic rings. The lowest BCUT2D eigenvalue weighted by Crippen LogP contribution is -2.23. The number of hydrogen-bond donors (Lipinski definition) is 0. The molecule has 0 N–H and O–H groups in total. The molecule has 4 heteroatoms. The first kappa shape index (κ1) is 11.6. The van der Waals surface area contributed by atoms with Crippen LogP contribution in [-0.4, -0.2) is 22.8 Å². The zero-order valence-corrected chi connectivity index (χ0v) is 10.5. The summed E-state index contributed by atoms with van der Waals surface area (Å²) in [6.07, 6.45) is -0.399. The molecular formula is C13H16N2O2.